The highest BCUT2D eigenvalue weighted by molar-refractivity contribution is 5.07. The largest absolute Gasteiger partial charge is 0.394 e. The zero-order valence-electron chi connectivity index (χ0n) is 31.2. The Morgan fingerprint density at radius 2 is 0.741 bits per heavy atom. The standard InChI is InChI=1S/C33H58O25/c1-50-2-3-51-31-26(49)23(46)28(13(8-38)56-31)58-32-24(47)18(41)15(10(5-35)54-32)29-20(43)17(40)14(9(4-34)52-29)30-22(45)21(44)27(12(7-37)53-30)57-33-25(48)19(42)16(39)11(6-36)55-33/h9-49H,2-8H2,1H3/t9?,10?,11?,12?,13?,14-,15-,16+,17-,18-,19-,20?,21+,22?,23+,24?,25?,26?,27+,28+,29-,30-,31-,32+,33+/m1/s1. The second kappa shape index (κ2) is 20.9. The summed E-state index contributed by atoms with van der Waals surface area (Å²) in [4.78, 5) is 0. The van der Waals surface area contributed by atoms with E-state index < -0.39 is 186 Å². The van der Waals surface area contributed by atoms with Crippen LogP contribution < -0.4 is 0 Å². The highest BCUT2D eigenvalue weighted by Crippen LogP contribution is 2.42. The molecule has 5 aliphatic heterocycles. The molecule has 25 heteroatoms. The van der Waals surface area contributed by atoms with Crippen molar-refractivity contribution >= 4 is 0 Å². The van der Waals surface area contributed by atoms with E-state index >= 15 is 0 Å². The summed E-state index contributed by atoms with van der Waals surface area (Å²) in [6.45, 7) is -4.34. The molecule has 5 fully saturated rings. The van der Waals surface area contributed by atoms with Crippen molar-refractivity contribution in [3.8, 4) is 0 Å². The molecule has 0 spiro atoms. The van der Waals surface area contributed by atoms with E-state index in [9.17, 15) is 81.7 Å². The zero-order valence-corrected chi connectivity index (χ0v) is 31.2. The van der Waals surface area contributed by atoms with Crippen LogP contribution in [0.3, 0.4) is 0 Å². The molecule has 5 aliphatic rings. The second-order valence-corrected chi connectivity index (χ2v) is 14.9. The van der Waals surface area contributed by atoms with Crippen LogP contribution in [0.4, 0.5) is 0 Å². The third-order valence-electron chi connectivity index (χ3n) is 11.4. The van der Waals surface area contributed by atoms with E-state index in [0.717, 1.165) is 0 Å². The van der Waals surface area contributed by atoms with Crippen LogP contribution >= 0.6 is 0 Å². The summed E-state index contributed by atoms with van der Waals surface area (Å²) in [5, 5.41) is 170. The smallest absolute Gasteiger partial charge is 0.187 e. The second-order valence-electron chi connectivity index (χ2n) is 14.9. The van der Waals surface area contributed by atoms with Crippen molar-refractivity contribution in [2.24, 2.45) is 11.8 Å². The quantitative estimate of drug-likeness (QED) is 0.0680. The Balaban J connectivity index is 1.28. The molecule has 5 saturated heterocycles. The van der Waals surface area contributed by atoms with Crippen molar-refractivity contribution in [1.29, 1.82) is 0 Å². The van der Waals surface area contributed by atoms with Gasteiger partial charge in [0.1, 0.15) is 85.5 Å². The van der Waals surface area contributed by atoms with E-state index in [1.165, 1.54) is 7.11 Å². The molecule has 0 saturated carbocycles. The van der Waals surface area contributed by atoms with Crippen molar-refractivity contribution in [3.63, 3.8) is 0 Å². The molecule has 10 unspecified atom stereocenters. The summed E-state index contributed by atoms with van der Waals surface area (Å²) in [6, 6.07) is 0. The number of rotatable bonds is 15. The summed E-state index contributed by atoms with van der Waals surface area (Å²) in [7, 11) is 1.40. The lowest BCUT2D eigenvalue weighted by Crippen LogP contribution is -2.71. The third-order valence-corrected chi connectivity index (χ3v) is 11.4. The molecule has 0 aliphatic carbocycles. The number of aliphatic hydroxyl groups is 16. The van der Waals surface area contributed by atoms with Crippen LogP contribution in [0.1, 0.15) is 0 Å². The van der Waals surface area contributed by atoms with Crippen molar-refractivity contribution in [3.05, 3.63) is 0 Å². The highest BCUT2D eigenvalue weighted by atomic mass is 16.7. The van der Waals surface area contributed by atoms with Gasteiger partial charge in [0.15, 0.2) is 18.9 Å². The van der Waals surface area contributed by atoms with E-state index in [2.05, 4.69) is 0 Å². The van der Waals surface area contributed by atoms with E-state index in [0.29, 0.717) is 0 Å². The van der Waals surface area contributed by atoms with Crippen LogP contribution in [0.15, 0.2) is 0 Å². The number of hydrogen-bond donors (Lipinski definition) is 16. The summed E-state index contributed by atoms with van der Waals surface area (Å²) in [5.41, 5.74) is 0. The van der Waals surface area contributed by atoms with Crippen LogP contribution in [0.25, 0.3) is 0 Å². The summed E-state index contributed by atoms with van der Waals surface area (Å²) < 4.78 is 49.8. The van der Waals surface area contributed by atoms with Gasteiger partial charge in [-0.1, -0.05) is 0 Å². The fourth-order valence-corrected chi connectivity index (χ4v) is 8.24. The minimum absolute atomic E-state index is 0.0458. The Morgan fingerprint density at radius 3 is 1.26 bits per heavy atom. The van der Waals surface area contributed by atoms with Gasteiger partial charge in [-0.3, -0.25) is 0 Å². The predicted octanol–water partition coefficient (Wildman–Crippen LogP) is -10.7. The van der Waals surface area contributed by atoms with Gasteiger partial charge in [-0.15, -0.1) is 0 Å². The maximum absolute atomic E-state index is 11.5. The van der Waals surface area contributed by atoms with Gasteiger partial charge in [0.05, 0.1) is 82.9 Å². The van der Waals surface area contributed by atoms with Crippen LogP contribution in [-0.2, 0) is 42.6 Å². The molecule has 16 N–H and O–H groups in total. The van der Waals surface area contributed by atoms with E-state index in [1.807, 2.05) is 0 Å². The topological polar surface area (TPSA) is 407 Å². The number of hydrogen-bond acceptors (Lipinski definition) is 25. The molecular formula is C33H58O25. The van der Waals surface area contributed by atoms with Gasteiger partial charge in [0.2, 0.25) is 0 Å². The van der Waals surface area contributed by atoms with Gasteiger partial charge in [0.25, 0.3) is 0 Å². The minimum atomic E-state index is -2.06. The molecule has 58 heavy (non-hydrogen) atoms. The monoisotopic (exact) mass is 854 g/mol. The maximum Gasteiger partial charge on any atom is 0.187 e. The Hall–Kier alpha value is -1.00. The fourth-order valence-electron chi connectivity index (χ4n) is 8.24. The van der Waals surface area contributed by atoms with Crippen molar-refractivity contribution in [2.45, 2.75) is 141 Å². The third kappa shape index (κ3) is 9.49. The Labute approximate surface area is 330 Å². The lowest BCUT2D eigenvalue weighted by Gasteiger charge is -2.54. The molecule has 0 radical (unpaired) electrons. The van der Waals surface area contributed by atoms with Gasteiger partial charge < -0.3 is 124 Å². The first-order chi connectivity index (χ1) is 27.6. The lowest BCUT2D eigenvalue weighted by atomic mass is 9.73. The molecule has 5 heterocycles. The molecule has 0 aromatic heterocycles. The Kier molecular flexibility index (Phi) is 17.3. The fraction of sp³-hybridized carbons (Fsp3) is 1.00. The average Bonchev–Trinajstić information content (AvgIpc) is 3.22. The molecular weight excluding hydrogens is 796 g/mol. The number of methoxy groups -OCH3 is 1. The summed E-state index contributed by atoms with van der Waals surface area (Å²) in [6.07, 6.45) is -40.7. The average molecular weight is 855 g/mol. The SMILES string of the molecule is COCCO[C@@H]1OC(CO)[C@H](O[C@@H]2OC(CO)[C@@H]([C@H]3OC(CO)[C@@H]([C@H]4OC(CO)[C@H](O[C@@H]5OC(CO)[C@H](O)[C@@H](O)C5O)[C@@H](O)C4O)[C@@H](O)C3O)[C@@H](O)C2O)[C@@H](O)C1O. The summed E-state index contributed by atoms with van der Waals surface area (Å²) in [5.74, 6) is -3.19. The lowest BCUT2D eigenvalue weighted by molar-refractivity contribution is -0.368. The Bertz CT molecular complexity index is 1230. The van der Waals surface area contributed by atoms with Crippen molar-refractivity contribution < 1.29 is 124 Å². The minimum Gasteiger partial charge on any atom is -0.394 e. The highest BCUT2D eigenvalue weighted by Gasteiger charge is 2.60. The predicted molar refractivity (Wildman–Crippen MR) is 179 cm³/mol. The van der Waals surface area contributed by atoms with E-state index in [1.54, 1.807) is 0 Å². The normalized spacial score (nSPS) is 51.8. The van der Waals surface area contributed by atoms with Crippen LogP contribution in [-0.4, -0.2) is 276 Å². The van der Waals surface area contributed by atoms with E-state index in [4.69, 9.17) is 42.6 Å². The van der Waals surface area contributed by atoms with Gasteiger partial charge in [-0.25, -0.2) is 0 Å². The molecule has 0 bridgehead atoms. The van der Waals surface area contributed by atoms with Crippen LogP contribution in [0.2, 0.25) is 0 Å². The first-order valence-corrected chi connectivity index (χ1v) is 18.8. The molecule has 5 rings (SSSR count). The maximum atomic E-state index is 11.5. The molecule has 25 nitrogen and oxygen atoms in total. The Morgan fingerprint density at radius 1 is 0.362 bits per heavy atom. The van der Waals surface area contributed by atoms with Crippen LogP contribution in [0.5, 0.6) is 0 Å². The van der Waals surface area contributed by atoms with Crippen molar-refractivity contribution in [1.82, 2.24) is 0 Å². The van der Waals surface area contributed by atoms with Gasteiger partial charge in [0, 0.05) is 18.9 Å². The van der Waals surface area contributed by atoms with Gasteiger partial charge >= 0.3 is 0 Å². The molecule has 340 valence electrons. The van der Waals surface area contributed by atoms with Crippen molar-refractivity contribution in [2.75, 3.05) is 53.4 Å². The molecule has 0 amide bonds. The molecule has 0 aromatic carbocycles. The molecule has 25 atom stereocenters. The van der Waals surface area contributed by atoms with Gasteiger partial charge in [-0.2, -0.15) is 0 Å². The molecule has 0 aromatic rings. The number of ether oxygens (including phenoxy) is 9. The van der Waals surface area contributed by atoms with Gasteiger partial charge in [-0.05, 0) is 0 Å². The number of aliphatic hydroxyl groups excluding tert-OH is 16. The zero-order chi connectivity index (χ0) is 42.7. The van der Waals surface area contributed by atoms with E-state index in [-0.39, 0.29) is 13.2 Å². The first-order valence-electron chi connectivity index (χ1n) is 18.8. The first kappa shape index (κ1) is 48.0. The summed E-state index contributed by atoms with van der Waals surface area (Å²) >= 11 is 0. The van der Waals surface area contributed by atoms with Crippen LogP contribution in [0, 0.1) is 11.8 Å².